The van der Waals surface area contributed by atoms with Gasteiger partial charge in [0.1, 0.15) is 6.04 Å². The van der Waals surface area contributed by atoms with Gasteiger partial charge in [-0.05, 0) is 56.9 Å². The van der Waals surface area contributed by atoms with Gasteiger partial charge in [-0.1, -0.05) is 6.07 Å². The van der Waals surface area contributed by atoms with Crippen molar-refractivity contribution in [3.63, 3.8) is 0 Å². The molecule has 0 bridgehead atoms. The second-order valence-corrected chi connectivity index (χ2v) is 9.73. The summed E-state index contributed by atoms with van der Waals surface area (Å²) in [7, 11) is -4.00. The van der Waals surface area contributed by atoms with Gasteiger partial charge < -0.3 is 14.7 Å². The minimum Gasteiger partial charge on any atom is -0.451 e. The van der Waals surface area contributed by atoms with Gasteiger partial charge in [-0.3, -0.25) is 9.59 Å². The van der Waals surface area contributed by atoms with Crippen LogP contribution in [0.5, 0.6) is 0 Å². The van der Waals surface area contributed by atoms with Gasteiger partial charge in [-0.2, -0.15) is 4.31 Å². The Balaban J connectivity index is 1.77. The van der Waals surface area contributed by atoms with Crippen LogP contribution in [0, 0.1) is 13.8 Å². The summed E-state index contributed by atoms with van der Waals surface area (Å²) in [6, 6.07) is 3.59. The van der Waals surface area contributed by atoms with Crippen molar-refractivity contribution in [2.24, 2.45) is 0 Å². The number of β-amino-alcohol motifs (C(OH)–C–C–N with tert-alkyl or cyclic N) is 1. The molecule has 29 heavy (non-hydrogen) atoms. The number of aryl methyl sites for hydroxylation is 2. The van der Waals surface area contributed by atoms with E-state index in [-0.39, 0.29) is 23.8 Å². The Labute approximate surface area is 171 Å². The summed E-state index contributed by atoms with van der Waals surface area (Å²) >= 11 is 0. The zero-order chi connectivity index (χ0) is 21.3. The minimum atomic E-state index is -4.00. The molecule has 0 aromatic heterocycles. The molecule has 0 saturated carbocycles. The number of rotatable bonds is 5. The van der Waals surface area contributed by atoms with E-state index in [1.54, 1.807) is 17.0 Å². The first-order chi connectivity index (χ1) is 13.6. The molecule has 1 aromatic rings. The Kier molecular flexibility index (Phi) is 6.30. The zero-order valence-corrected chi connectivity index (χ0v) is 17.8. The number of amides is 1. The topological polar surface area (TPSA) is 104 Å². The largest absolute Gasteiger partial charge is 0.451 e. The van der Waals surface area contributed by atoms with E-state index in [1.807, 2.05) is 13.8 Å². The minimum absolute atomic E-state index is 0.0620. The van der Waals surface area contributed by atoms with Gasteiger partial charge in [0.05, 0.1) is 11.0 Å². The molecule has 160 valence electrons. The fourth-order valence-corrected chi connectivity index (χ4v) is 5.48. The van der Waals surface area contributed by atoms with Gasteiger partial charge in [0.25, 0.3) is 5.91 Å². The zero-order valence-electron chi connectivity index (χ0n) is 17.0. The van der Waals surface area contributed by atoms with Crippen molar-refractivity contribution in [2.45, 2.75) is 63.2 Å². The first-order valence-electron chi connectivity index (χ1n) is 9.87. The quantitative estimate of drug-likeness (QED) is 0.707. The third-order valence-electron chi connectivity index (χ3n) is 5.65. The van der Waals surface area contributed by atoms with E-state index in [4.69, 9.17) is 4.74 Å². The van der Waals surface area contributed by atoms with Gasteiger partial charge in [-0.15, -0.1) is 0 Å². The SMILES string of the molecule is Cc1ccc(S(=O)(=O)N2CC(O)CC2C(=O)OC(C)C(=O)N2CCCC2)cc1C. The summed E-state index contributed by atoms with van der Waals surface area (Å²) in [5.41, 5.74) is 1.77. The van der Waals surface area contributed by atoms with Crippen LogP contribution in [0.1, 0.15) is 37.3 Å². The van der Waals surface area contributed by atoms with Crippen LogP contribution < -0.4 is 0 Å². The van der Waals surface area contributed by atoms with E-state index < -0.39 is 34.2 Å². The number of benzene rings is 1. The molecule has 2 aliphatic rings. The van der Waals surface area contributed by atoms with Crippen molar-refractivity contribution in [3.05, 3.63) is 29.3 Å². The summed E-state index contributed by atoms with van der Waals surface area (Å²) in [6.45, 7) is 6.26. The van der Waals surface area contributed by atoms with Crippen LogP contribution in [-0.4, -0.2) is 72.5 Å². The number of sulfonamides is 1. The van der Waals surface area contributed by atoms with Gasteiger partial charge >= 0.3 is 5.97 Å². The molecule has 3 rings (SSSR count). The van der Waals surface area contributed by atoms with E-state index in [1.165, 1.54) is 13.0 Å². The number of carbonyl (C=O) groups excluding carboxylic acids is 2. The van der Waals surface area contributed by atoms with Crippen molar-refractivity contribution in [1.29, 1.82) is 0 Å². The van der Waals surface area contributed by atoms with Crippen molar-refractivity contribution in [3.8, 4) is 0 Å². The highest BCUT2D eigenvalue weighted by atomic mass is 32.2. The summed E-state index contributed by atoms with van der Waals surface area (Å²) in [6.07, 6.45) is -0.192. The van der Waals surface area contributed by atoms with Crippen LogP contribution in [0.2, 0.25) is 0 Å². The summed E-state index contributed by atoms with van der Waals surface area (Å²) in [5, 5.41) is 10.1. The Bertz CT molecular complexity index is 894. The number of hydrogen-bond donors (Lipinski definition) is 1. The van der Waals surface area contributed by atoms with Gasteiger partial charge in [0.15, 0.2) is 6.10 Å². The Morgan fingerprint density at radius 1 is 1.17 bits per heavy atom. The number of likely N-dealkylation sites (tertiary alicyclic amines) is 1. The summed E-state index contributed by atoms with van der Waals surface area (Å²) in [5.74, 6) is -1.09. The average Bonchev–Trinajstić information content (AvgIpc) is 3.33. The van der Waals surface area contributed by atoms with Crippen LogP contribution in [0.25, 0.3) is 0 Å². The lowest BCUT2D eigenvalue weighted by molar-refractivity contribution is -0.161. The maximum Gasteiger partial charge on any atom is 0.325 e. The molecule has 2 saturated heterocycles. The number of ether oxygens (including phenoxy) is 1. The van der Waals surface area contributed by atoms with Crippen molar-refractivity contribution in [1.82, 2.24) is 9.21 Å². The molecular weight excluding hydrogens is 396 g/mol. The second kappa shape index (κ2) is 8.41. The predicted octanol–water partition coefficient (Wildman–Crippen LogP) is 0.981. The maximum atomic E-state index is 13.1. The highest BCUT2D eigenvalue weighted by molar-refractivity contribution is 7.89. The number of aliphatic hydroxyl groups is 1. The van der Waals surface area contributed by atoms with E-state index >= 15 is 0 Å². The van der Waals surface area contributed by atoms with Crippen LogP contribution >= 0.6 is 0 Å². The standard InChI is InChI=1S/C20H28N2O6S/c1-13-6-7-17(10-14(13)2)29(26,27)22-12-16(23)11-18(22)20(25)28-15(3)19(24)21-8-4-5-9-21/h6-7,10,15-16,18,23H,4-5,8-9,11-12H2,1-3H3. The molecule has 0 aliphatic carbocycles. The number of aliphatic hydroxyl groups excluding tert-OH is 1. The van der Waals surface area contributed by atoms with Crippen molar-refractivity contribution >= 4 is 21.9 Å². The number of nitrogens with zero attached hydrogens (tertiary/aromatic N) is 2. The highest BCUT2D eigenvalue weighted by Gasteiger charge is 2.45. The number of esters is 1. The molecule has 1 N–H and O–H groups in total. The number of carbonyl (C=O) groups is 2. The van der Waals surface area contributed by atoms with Crippen LogP contribution in [-0.2, 0) is 24.3 Å². The van der Waals surface area contributed by atoms with Crippen LogP contribution in [0.4, 0.5) is 0 Å². The average molecular weight is 425 g/mol. The Morgan fingerprint density at radius 2 is 1.83 bits per heavy atom. The molecule has 2 aliphatic heterocycles. The van der Waals surface area contributed by atoms with Crippen molar-refractivity contribution in [2.75, 3.05) is 19.6 Å². The smallest absolute Gasteiger partial charge is 0.325 e. The molecule has 3 atom stereocenters. The lowest BCUT2D eigenvalue weighted by atomic mass is 10.1. The van der Waals surface area contributed by atoms with E-state index in [0.717, 1.165) is 28.3 Å². The van der Waals surface area contributed by atoms with Crippen LogP contribution in [0.3, 0.4) is 0 Å². The van der Waals surface area contributed by atoms with E-state index in [0.29, 0.717) is 13.1 Å². The van der Waals surface area contributed by atoms with E-state index in [2.05, 4.69) is 0 Å². The molecule has 3 unspecified atom stereocenters. The molecule has 2 fully saturated rings. The normalized spacial score (nSPS) is 23.9. The lowest BCUT2D eigenvalue weighted by Crippen LogP contribution is -2.45. The first kappa shape index (κ1) is 21.7. The third-order valence-corrected chi connectivity index (χ3v) is 7.52. The van der Waals surface area contributed by atoms with Crippen LogP contribution in [0.15, 0.2) is 23.1 Å². The first-order valence-corrected chi connectivity index (χ1v) is 11.3. The number of hydrogen-bond acceptors (Lipinski definition) is 6. The summed E-state index contributed by atoms with van der Waals surface area (Å²) in [4.78, 5) is 26.8. The van der Waals surface area contributed by atoms with E-state index in [9.17, 15) is 23.1 Å². The molecule has 0 radical (unpaired) electrons. The molecule has 1 amide bonds. The summed E-state index contributed by atoms with van der Waals surface area (Å²) < 4.78 is 32.5. The second-order valence-electron chi connectivity index (χ2n) is 7.84. The van der Waals surface area contributed by atoms with Gasteiger partial charge in [0, 0.05) is 26.1 Å². The lowest BCUT2D eigenvalue weighted by Gasteiger charge is -2.25. The fraction of sp³-hybridized carbons (Fsp3) is 0.600. The molecule has 0 spiro atoms. The molecule has 8 nitrogen and oxygen atoms in total. The van der Waals surface area contributed by atoms with Crippen molar-refractivity contribution < 1.29 is 27.9 Å². The van der Waals surface area contributed by atoms with Gasteiger partial charge in [0.2, 0.25) is 10.0 Å². The molecular formula is C20H28N2O6S. The Hall–Kier alpha value is -1.97. The fourth-order valence-electron chi connectivity index (χ4n) is 3.77. The molecule has 9 heteroatoms. The maximum absolute atomic E-state index is 13.1. The highest BCUT2D eigenvalue weighted by Crippen LogP contribution is 2.28. The monoisotopic (exact) mass is 424 g/mol. The molecule has 2 heterocycles. The Morgan fingerprint density at radius 3 is 2.45 bits per heavy atom. The van der Waals surface area contributed by atoms with Gasteiger partial charge in [-0.25, -0.2) is 8.42 Å². The third kappa shape index (κ3) is 4.46. The molecule has 1 aromatic carbocycles. The predicted molar refractivity (Wildman–Crippen MR) is 106 cm³/mol.